The number of amides is 1. The summed E-state index contributed by atoms with van der Waals surface area (Å²) >= 11 is 1.81. The van der Waals surface area contributed by atoms with Gasteiger partial charge in [0.2, 0.25) is 5.91 Å². The van der Waals surface area contributed by atoms with Crippen LogP contribution in [0.4, 0.5) is 0 Å². The fraction of sp³-hybridized carbons (Fsp3) is 0.500. The Morgan fingerprint density at radius 2 is 2.00 bits per heavy atom. The van der Waals surface area contributed by atoms with Crippen LogP contribution in [0.25, 0.3) is 0 Å². The number of carbonyl (C=O) groups excluding carboxylic acids is 1. The third-order valence-corrected chi connectivity index (χ3v) is 6.71. The summed E-state index contributed by atoms with van der Waals surface area (Å²) in [6.07, 6.45) is 9.91. The van der Waals surface area contributed by atoms with Crippen LogP contribution >= 0.6 is 11.3 Å². The van der Waals surface area contributed by atoms with E-state index in [1.807, 2.05) is 35.9 Å². The number of carbonyl (C=O) groups is 1. The lowest BCUT2D eigenvalue weighted by Crippen LogP contribution is -2.50. The summed E-state index contributed by atoms with van der Waals surface area (Å²) in [5.41, 5.74) is 1.27. The van der Waals surface area contributed by atoms with Gasteiger partial charge in [0.15, 0.2) is 0 Å². The lowest BCUT2D eigenvalue weighted by atomic mass is 9.77. The van der Waals surface area contributed by atoms with Crippen LogP contribution in [0.2, 0.25) is 0 Å². The molecule has 2 aromatic heterocycles. The van der Waals surface area contributed by atoms with Gasteiger partial charge >= 0.3 is 0 Å². The molecule has 1 aliphatic heterocycles. The minimum atomic E-state index is 0.0848. The van der Waals surface area contributed by atoms with Gasteiger partial charge in [-0.1, -0.05) is 6.07 Å². The minimum Gasteiger partial charge on any atom is -0.333 e. The first-order chi connectivity index (χ1) is 12.3. The van der Waals surface area contributed by atoms with E-state index in [1.54, 1.807) is 0 Å². The topological polar surface area (TPSA) is 45.2 Å². The van der Waals surface area contributed by atoms with E-state index in [9.17, 15) is 4.79 Å². The van der Waals surface area contributed by atoms with Gasteiger partial charge in [-0.05, 0) is 61.2 Å². The normalized spacial score (nSPS) is 26.5. The smallest absolute Gasteiger partial charge is 0.223 e. The third kappa shape index (κ3) is 3.62. The van der Waals surface area contributed by atoms with Crippen molar-refractivity contribution < 1.29 is 4.79 Å². The Bertz CT molecular complexity index is 693. The average Bonchev–Trinajstić information content (AvgIpc) is 3.27. The fourth-order valence-corrected chi connectivity index (χ4v) is 4.99. The van der Waals surface area contributed by atoms with Crippen LogP contribution in [-0.4, -0.2) is 27.4 Å². The van der Waals surface area contributed by atoms with Crippen LogP contribution in [0.1, 0.15) is 49.0 Å². The number of thiophene rings is 1. The highest BCUT2D eigenvalue weighted by Crippen LogP contribution is 2.43. The van der Waals surface area contributed by atoms with Gasteiger partial charge < -0.3 is 10.2 Å². The first-order valence-corrected chi connectivity index (χ1v) is 10.1. The van der Waals surface area contributed by atoms with E-state index in [1.165, 1.54) is 10.4 Å². The second-order valence-corrected chi connectivity index (χ2v) is 8.33. The van der Waals surface area contributed by atoms with E-state index in [2.05, 4.69) is 32.7 Å². The summed E-state index contributed by atoms with van der Waals surface area (Å²) in [5, 5.41) is 5.84. The minimum absolute atomic E-state index is 0.0848. The predicted molar refractivity (Wildman–Crippen MR) is 100 cm³/mol. The fourth-order valence-electron chi connectivity index (χ4n) is 4.34. The van der Waals surface area contributed by atoms with Gasteiger partial charge in [0.25, 0.3) is 0 Å². The number of rotatable bonds is 5. The molecule has 1 N–H and O–H groups in total. The van der Waals surface area contributed by atoms with Crippen molar-refractivity contribution >= 4 is 17.2 Å². The molecule has 5 heteroatoms. The maximum atomic E-state index is 12.5. The molecule has 1 aliphatic carbocycles. The molecule has 0 unspecified atom stereocenters. The summed E-state index contributed by atoms with van der Waals surface area (Å²) in [4.78, 5) is 20.2. The van der Waals surface area contributed by atoms with Crippen molar-refractivity contribution in [2.45, 2.75) is 63.2 Å². The van der Waals surface area contributed by atoms with Crippen LogP contribution in [-0.2, 0) is 17.9 Å². The molecule has 4 rings (SSSR count). The summed E-state index contributed by atoms with van der Waals surface area (Å²) in [5.74, 6) is 0.321. The molecule has 2 aliphatic rings. The predicted octanol–water partition coefficient (Wildman–Crippen LogP) is 3.74. The standard InChI is InChI=1S/C20H25N3OS/c24-19-5-10-20(23(19)15-16-6-11-21-12-7-16)8-3-17(4-9-20)22-14-18-2-1-13-25-18/h1-2,6-7,11-13,17,22H,3-5,8-10,14-15H2. The van der Waals surface area contributed by atoms with Crippen LogP contribution in [0.15, 0.2) is 42.0 Å². The molecule has 1 amide bonds. The molecule has 0 aromatic carbocycles. The molecule has 2 fully saturated rings. The van der Waals surface area contributed by atoms with E-state index in [0.717, 1.165) is 45.2 Å². The second kappa shape index (κ2) is 7.26. The first kappa shape index (κ1) is 16.7. The second-order valence-electron chi connectivity index (χ2n) is 7.29. The molecular formula is C20H25N3OS. The highest BCUT2D eigenvalue weighted by molar-refractivity contribution is 7.09. The average molecular weight is 356 g/mol. The van der Waals surface area contributed by atoms with E-state index >= 15 is 0 Å². The van der Waals surface area contributed by atoms with Gasteiger partial charge in [0.05, 0.1) is 0 Å². The molecule has 1 saturated carbocycles. The number of likely N-dealkylation sites (tertiary alicyclic amines) is 1. The summed E-state index contributed by atoms with van der Waals surface area (Å²) < 4.78 is 0. The van der Waals surface area contributed by atoms with Crippen LogP contribution < -0.4 is 5.32 Å². The largest absolute Gasteiger partial charge is 0.333 e. The van der Waals surface area contributed by atoms with Gasteiger partial charge in [-0.15, -0.1) is 11.3 Å². The maximum Gasteiger partial charge on any atom is 0.223 e. The van der Waals surface area contributed by atoms with Crippen LogP contribution in [0, 0.1) is 0 Å². The molecular weight excluding hydrogens is 330 g/mol. The monoisotopic (exact) mass is 355 g/mol. The number of hydrogen-bond donors (Lipinski definition) is 1. The lowest BCUT2D eigenvalue weighted by molar-refractivity contribution is -0.133. The Hall–Kier alpha value is -1.72. The number of nitrogens with zero attached hydrogens (tertiary/aromatic N) is 2. The molecule has 0 radical (unpaired) electrons. The van der Waals surface area contributed by atoms with Gasteiger partial charge in [-0.2, -0.15) is 0 Å². The Balaban J connectivity index is 1.37. The van der Waals surface area contributed by atoms with Crippen molar-refractivity contribution in [2.75, 3.05) is 0 Å². The van der Waals surface area contributed by atoms with Gasteiger partial charge in [0, 0.05) is 48.4 Å². The zero-order valence-corrected chi connectivity index (χ0v) is 15.3. The zero-order valence-electron chi connectivity index (χ0n) is 14.5. The Kier molecular flexibility index (Phi) is 4.86. The summed E-state index contributed by atoms with van der Waals surface area (Å²) in [6.45, 7) is 1.70. The van der Waals surface area contributed by atoms with Crippen molar-refractivity contribution in [2.24, 2.45) is 0 Å². The zero-order chi connectivity index (χ0) is 17.1. The van der Waals surface area contributed by atoms with E-state index in [-0.39, 0.29) is 5.54 Å². The Morgan fingerprint density at radius 1 is 1.20 bits per heavy atom. The Morgan fingerprint density at radius 3 is 2.72 bits per heavy atom. The van der Waals surface area contributed by atoms with Crippen molar-refractivity contribution in [1.82, 2.24) is 15.2 Å². The Labute approximate surface area is 153 Å². The number of nitrogens with one attached hydrogen (secondary N) is 1. The quantitative estimate of drug-likeness (QED) is 0.889. The summed E-state index contributed by atoms with van der Waals surface area (Å²) in [6, 6.07) is 8.92. The first-order valence-electron chi connectivity index (χ1n) is 9.20. The molecule has 3 heterocycles. The van der Waals surface area contributed by atoms with Gasteiger partial charge in [0.1, 0.15) is 0 Å². The molecule has 25 heavy (non-hydrogen) atoms. The van der Waals surface area contributed by atoms with Crippen LogP contribution in [0.5, 0.6) is 0 Å². The highest BCUT2D eigenvalue weighted by Gasteiger charge is 2.46. The maximum absolute atomic E-state index is 12.5. The highest BCUT2D eigenvalue weighted by atomic mass is 32.1. The van der Waals surface area contributed by atoms with E-state index in [4.69, 9.17) is 0 Å². The van der Waals surface area contributed by atoms with Crippen molar-refractivity contribution in [3.8, 4) is 0 Å². The van der Waals surface area contributed by atoms with E-state index < -0.39 is 0 Å². The van der Waals surface area contributed by atoms with Crippen molar-refractivity contribution in [1.29, 1.82) is 0 Å². The molecule has 2 aromatic rings. The molecule has 0 bridgehead atoms. The molecule has 1 saturated heterocycles. The molecule has 0 atom stereocenters. The number of aromatic nitrogens is 1. The molecule has 4 nitrogen and oxygen atoms in total. The van der Waals surface area contributed by atoms with Gasteiger partial charge in [-0.25, -0.2) is 0 Å². The SMILES string of the molecule is O=C1CCC2(CCC(NCc3cccs3)CC2)N1Cc1ccncc1. The molecule has 132 valence electrons. The van der Waals surface area contributed by atoms with Crippen LogP contribution in [0.3, 0.4) is 0 Å². The molecule has 1 spiro atoms. The number of pyridine rings is 1. The van der Waals surface area contributed by atoms with Crippen molar-refractivity contribution in [3.63, 3.8) is 0 Å². The third-order valence-electron chi connectivity index (χ3n) is 5.83. The summed E-state index contributed by atoms with van der Waals surface area (Å²) in [7, 11) is 0. The van der Waals surface area contributed by atoms with E-state index in [0.29, 0.717) is 18.4 Å². The van der Waals surface area contributed by atoms with Crippen molar-refractivity contribution in [3.05, 3.63) is 52.5 Å². The van der Waals surface area contributed by atoms with Gasteiger partial charge in [-0.3, -0.25) is 9.78 Å². The number of hydrogen-bond acceptors (Lipinski definition) is 4. The lowest BCUT2D eigenvalue weighted by Gasteiger charge is -2.44.